The second-order valence-electron chi connectivity index (χ2n) is 6.61. The summed E-state index contributed by atoms with van der Waals surface area (Å²) in [6.45, 7) is 3.07. The Bertz CT molecular complexity index is 917. The van der Waals surface area contributed by atoms with Gasteiger partial charge in [-0.25, -0.2) is 4.98 Å². The summed E-state index contributed by atoms with van der Waals surface area (Å²) in [6, 6.07) is 5.86. The van der Waals surface area contributed by atoms with Crippen LogP contribution in [-0.4, -0.2) is 15.9 Å². The predicted molar refractivity (Wildman–Crippen MR) is 108 cm³/mol. The number of benzene rings is 1. The van der Waals surface area contributed by atoms with E-state index in [9.17, 15) is 0 Å². The van der Waals surface area contributed by atoms with Gasteiger partial charge in [-0.15, -0.1) is 0 Å². The topological polar surface area (TPSA) is 41.4 Å². The van der Waals surface area contributed by atoms with Gasteiger partial charge in [0.15, 0.2) is 0 Å². The number of aryl methyl sites for hydroxylation is 1. The number of nitrogens with one attached hydrogen (secondary N) is 2. The summed E-state index contributed by atoms with van der Waals surface area (Å²) in [5.74, 6) is 0.905. The Kier molecular flexibility index (Phi) is 4.61. The largest absolute Gasteiger partial charge is 0.382 e. The Morgan fingerprint density at radius 1 is 1.32 bits per heavy atom. The van der Waals surface area contributed by atoms with Crippen molar-refractivity contribution < 1.29 is 0 Å². The van der Waals surface area contributed by atoms with Crippen molar-refractivity contribution >= 4 is 50.2 Å². The highest BCUT2D eigenvalue weighted by Crippen LogP contribution is 2.36. The van der Waals surface area contributed by atoms with Crippen LogP contribution < -0.4 is 10.6 Å². The van der Waals surface area contributed by atoms with E-state index in [0.717, 1.165) is 45.2 Å². The summed E-state index contributed by atoms with van der Waals surface area (Å²) in [5, 5.41) is 7.78. The first-order valence-corrected chi connectivity index (χ1v) is 9.71. The van der Waals surface area contributed by atoms with Gasteiger partial charge < -0.3 is 15.0 Å². The standard InChI is InChI=1S/C19H20BrClN4/c1-12-18(24-16-5-4-14(20)10-15(16)21)17(22-7-6-13-2-3-13)11-25-9-8-23-19(12)25/h4-5,8-11,13,22,24H,2-3,6-7H2,1H3. The maximum absolute atomic E-state index is 6.40. The van der Waals surface area contributed by atoms with E-state index in [-0.39, 0.29) is 0 Å². The fraction of sp³-hybridized carbons (Fsp3) is 0.316. The van der Waals surface area contributed by atoms with E-state index in [2.05, 4.69) is 49.1 Å². The van der Waals surface area contributed by atoms with Crippen molar-refractivity contribution in [3.63, 3.8) is 0 Å². The fourth-order valence-corrected chi connectivity index (χ4v) is 3.78. The smallest absolute Gasteiger partial charge is 0.141 e. The Labute approximate surface area is 160 Å². The van der Waals surface area contributed by atoms with Gasteiger partial charge in [0, 0.05) is 35.2 Å². The minimum absolute atomic E-state index is 0.681. The van der Waals surface area contributed by atoms with E-state index in [1.807, 2.05) is 30.6 Å². The maximum Gasteiger partial charge on any atom is 0.141 e. The van der Waals surface area contributed by atoms with Crippen LogP contribution in [0.5, 0.6) is 0 Å². The Morgan fingerprint density at radius 2 is 2.16 bits per heavy atom. The number of imidazole rings is 1. The predicted octanol–water partition coefficient (Wildman–Crippen LogP) is 6.01. The number of hydrogen-bond acceptors (Lipinski definition) is 3. The van der Waals surface area contributed by atoms with E-state index in [1.165, 1.54) is 19.3 Å². The van der Waals surface area contributed by atoms with Gasteiger partial charge in [-0.05, 0) is 37.5 Å². The van der Waals surface area contributed by atoms with Crippen molar-refractivity contribution in [3.05, 3.63) is 51.8 Å². The summed E-state index contributed by atoms with van der Waals surface area (Å²) in [7, 11) is 0. The first-order valence-electron chi connectivity index (χ1n) is 8.54. The molecule has 0 radical (unpaired) electrons. The van der Waals surface area contributed by atoms with Crippen molar-refractivity contribution in [2.45, 2.75) is 26.2 Å². The molecule has 1 saturated carbocycles. The molecule has 2 heterocycles. The lowest BCUT2D eigenvalue weighted by Gasteiger charge is -2.18. The summed E-state index contributed by atoms with van der Waals surface area (Å²) in [6.07, 6.45) is 9.87. The van der Waals surface area contributed by atoms with Gasteiger partial charge in [0.1, 0.15) is 5.65 Å². The Balaban J connectivity index is 1.69. The molecule has 1 aromatic carbocycles. The maximum atomic E-state index is 6.40. The minimum atomic E-state index is 0.681. The SMILES string of the molecule is Cc1c(Nc2ccc(Br)cc2Cl)c(NCCC2CC2)cn2ccnc12. The van der Waals surface area contributed by atoms with Gasteiger partial charge in [0.25, 0.3) is 0 Å². The lowest BCUT2D eigenvalue weighted by atomic mass is 10.2. The third-order valence-electron chi connectivity index (χ3n) is 4.67. The normalized spacial score (nSPS) is 14.0. The van der Waals surface area contributed by atoms with Crippen LogP contribution >= 0.6 is 27.5 Å². The highest BCUT2D eigenvalue weighted by Gasteiger charge is 2.21. The van der Waals surface area contributed by atoms with Crippen molar-refractivity contribution in [3.8, 4) is 0 Å². The second-order valence-corrected chi connectivity index (χ2v) is 7.93. The number of pyridine rings is 1. The molecule has 4 rings (SSSR count). The van der Waals surface area contributed by atoms with Crippen LogP contribution in [0.1, 0.15) is 24.8 Å². The zero-order valence-electron chi connectivity index (χ0n) is 14.0. The molecule has 0 aliphatic heterocycles. The molecule has 0 spiro atoms. The van der Waals surface area contributed by atoms with Gasteiger partial charge in [-0.1, -0.05) is 40.4 Å². The highest BCUT2D eigenvalue weighted by atomic mass is 79.9. The van der Waals surface area contributed by atoms with Crippen LogP contribution in [0.3, 0.4) is 0 Å². The number of fused-ring (bicyclic) bond motifs is 1. The van der Waals surface area contributed by atoms with E-state index < -0.39 is 0 Å². The van der Waals surface area contributed by atoms with Crippen molar-refractivity contribution in [2.24, 2.45) is 5.92 Å². The van der Waals surface area contributed by atoms with Crippen LogP contribution in [0.4, 0.5) is 17.1 Å². The molecule has 0 atom stereocenters. The minimum Gasteiger partial charge on any atom is -0.382 e. The lowest BCUT2D eigenvalue weighted by molar-refractivity contribution is 0.760. The summed E-state index contributed by atoms with van der Waals surface area (Å²) >= 11 is 9.86. The Hall–Kier alpha value is -1.72. The molecule has 6 heteroatoms. The molecule has 25 heavy (non-hydrogen) atoms. The molecular weight excluding hydrogens is 400 g/mol. The van der Waals surface area contributed by atoms with E-state index in [4.69, 9.17) is 11.6 Å². The molecule has 1 aliphatic carbocycles. The number of anilines is 3. The van der Waals surface area contributed by atoms with Crippen LogP contribution in [0.25, 0.3) is 5.65 Å². The average Bonchev–Trinajstić information content (AvgIpc) is 3.28. The molecule has 0 amide bonds. The molecule has 0 unspecified atom stereocenters. The molecule has 0 saturated heterocycles. The fourth-order valence-electron chi connectivity index (χ4n) is 3.06. The number of nitrogens with zero attached hydrogens (tertiary/aromatic N) is 2. The zero-order valence-corrected chi connectivity index (χ0v) is 16.4. The van der Waals surface area contributed by atoms with E-state index >= 15 is 0 Å². The summed E-state index contributed by atoms with van der Waals surface area (Å²) in [5.41, 5.74) is 5.03. The molecule has 130 valence electrons. The number of halogens is 2. The Morgan fingerprint density at radius 3 is 2.92 bits per heavy atom. The second kappa shape index (κ2) is 6.89. The summed E-state index contributed by atoms with van der Waals surface area (Å²) in [4.78, 5) is 4.47. The van der Waals surface area contributed by atoms with Gasteiger partial charge in [-0.2, -0.15) is 0 Å². The number of hydrogen-bond donors (Lipinski definition) is 2. The number of aromatic nitrogens is 2. The highest BCUT2D eigenvalue weighted by molar-refractivity contribution is 9.10. The molecule has 1 aliphatic rings. The molecule has 1 fully saturated rings. The van der Waals surface area contributed by atoms with Crippen LogP contribution in [0, 0.1) is 12.8 Å². The molecule has 2 N–H and O–H groups in total. The van der Waals surface area contributed by atoms with Crippen molar-refractivity contribution in [2.75, 3.05) is 17.2 Å². The summed E-state index contributed by atoms with van der Waals surface area (Å²) < 4.78 is 3.02. The van der Waals surface area contributed by atoms with Crippen LogP contribution in [0.15, 0.2) is 41.3 Å². The van der Waals surface area contributed by atoms with E-state index in [0.29, 0.717) is 5.02 Å². The van der Waals surface area contributed by atoms with Gasteiger partial charge in [0.05, 0.1) is 22.1 Å². The van der Waals surface area contributed by atoms with Gasteiger partial charge in [0.2, 0.25) is 0 Å². The van der Waals surface area contributed by atoms with E-state index in [1.54, 1.807) is 0 Å². The molecule has 0 bridgehead atoms. The average molecular weight is 420 g/mol. The van der Waals surface area contributed by atoms with Crippen molar-refractivity contribution in [1.82, 2.24) is 9.38 Å². The van der Waals surface area contributed by atoms with Crippen molar-refractivity contribution in [1.29, 1.82) is 0 Å². The monoisotopic (exact) mass is 418 g/mol. The first kappa shape index (κ1) is 16.7. The lowest BCUT2D eigenvalue weighted by Crippen LogP contribution is -2.08. The van der Waals surface area contributed by atoms with Crippen LogP contribution in [0.2, 0.25) is 5.02 Å². The third-order valence-corrected chi connectivity index (χ3v) is 5.48. The van der Waals surface area contributed by atoms with Gasteiger partial charge in [-0.3, -0.25) is 0 Å². The van der Waals surface area contributed by atoms with Crippen LogP contribution in [-0.2, 0) is 0 Å². The molecule has 2 aromatic heterocycles. The molecular formula is C19H20BrClN4. The molecule has 4 nitrogen and oxygen atoms in total. The third kappa shape index (κ3) is 3.62. The molecule has 3 aromatic rings. The van der Waals surface area contributed by atoms with Gasteiger partial charge >= 0.3 is 0 Å². The number of rotatable bonds is 6. The first-order chi connectivity index (χ1) is 12.1. The quantitative estimate of drug-likeness (QED) is 0.514. The zero-order chi connectivity index (χ0) is 17.4.